The predicted octanol–water partition coefficient (Wildman–Crippen LogP) is 3.94. The van der Waals surface area contributed by atoms with E-state index in [1.54, 1.807) is 49.4 Å². The molecule has 0 unspecified atom stereocenters. The van der Waals surface area contributed by atoms with E-state index in [1.165, 1.54) is 12.1 Å². The fraction of sp³-hybridized carbons (Fsp3) is 0.118. The summed E-state index contributed by atoms with van der Waals surface area (Å²) >= 11 is 0. The van der Waals surface area contributed by atoms with Crippen LogP contribution in [0.1, 0.15) is 28.4 Å². The fourth-order valence-electron chi connectivity index (χ4n) is 1.88. The highest BCUT2D eigenvalue weighted by molar-refractivity contribution is 5.89. The number of benzene rings is 2. The quantitative estimate of drug-likeness (QED) is 0.363. The van der Waals surface area contributed by atoms with Gasteiger partial charge in [0.2, 0.25) is 0 Å². The minimum Gasteiger partial charge on any atom is -0.462 e. The molecule has 0 bridgehead atoms. The topological polar surface area (TPSA) is 69.4 Å². The van der Waals surface area contributed by atoms with Crippen molar-refractivity contribution in [3.63, 3.8) is 0 Å². The average molecular weight is 297 g/mol. The van der Waals surface area contributed by atoms with E-state index in [0.717, 1.165) is 11.1 Å². The summed E-state index contributed by atoms with van der Waals surface area (Å²) in [4.78, 5) is 21.8. The van der Waals surface area contributed by atoms with Crippen molar-refractivity contribution in [1.82, 2.24) is 0 Å². The lowest BCUT2D eigenvalue weighted by molar-refractivity contribution is -0.384. The van der Waals surface area contributed by atoms with Crippen LogP contribution in [0.2, 0.25) is 0 Å². The monoisotopic (exact) mass is 297 g/mol. The molecule has 0 fully saturated rings. The van der Waals surface area contributed by atoms with Gasteiger partial charge in [-0.15, -0.1) is 0 Å². The molecule has 2 aromatic carbocycles. The van der Waals surface area contributed by atoms with Gasteiger partial charge in [-0.2, -0.15) is 0 Å². The van der Waals surface area contributed by atoms with E-state index in [2.05, 4.69) is 0 Å². The van der Waals surface area contributed by atoms with E-state index in [0.29, 0.717) is 12.2 Å². The highest BCUT2D eigenvalue weighted by Gasteiger charge is 2.05. The number of carbonyl (C=O) groups is 1. The van der Waals surface area contributed by atoms with Gasteiger partial charge < -0.3 is 4.74 Å². The molecule has 0 amide bonds. The van der Waals surface area contributed by atoms with Crippen LogP contribution in [-0.4, -0.2) is 17.5 Å². The third-order valence-corrected chi connectivity index (χ3v) is 2.97. The van der Waals surface area contributed by atoms with Crippen LogP contribution in [0.25, 0.3) is 12.2 Å². The van der Waals surface area contributed by atoms with Gasteiger partial charge in [-0.3, -0.25) is 10.1 Å². The summed E-state index contributed by atoms with van der Waals surface area (Å²) in [5.74, 6) is -0.350. The summed E-state index contributed by atoms with van der Waals surface area (Å²) in [7, 11) is 0. The molecule has 22 heavy (non-hydrogen) atoms. The van der Waals surface area contributed by atoms with Crippen molar-refractivity contribution in [3.8, 4) is 0 Å². The molecule has 0 N–H and O–H groups in total. The Morgan fingerprint density at radius 2 is 1.82 bits per heavy atom. The number of non-ortho nitro benzene ring substituents is 1. The molecule has 0 radical (unpaired) electrons. The van der Waals surface area contributed by atoms with Crippen molar-refractivity contribution in [2.75, 3.05) is 6.61 Å². The number of rotatable bonds is 5. The molecule has 0 saturated carbocycles. The third-order valence-electron chi connectivity index (χ3n) is 2.97. The number of nitro groups is 1. The number of nitro benzene ring substituents is 1. The summed E-state index contributed by atoms with van der Waals surface area (Å²) in [6.45, 7) is 2.10. The Morgan fingerprint density at radius 3 is 2.45 bits per heavy atom. The Balaban J connectivity index is 2.12. The molecular weight excluding hydrogens is 282 g/mol. The molecule has 0 aliphatic rings. The van der Waals surface area contributed by atoms with Crippen LogP contribution in [0, 0.1) is 10.1 Å². The van der Waals surface area contributed by atoms with Gasteiger partial charge in [0, 0.05) is 12.1 Å². The van der Waals surface area contributed by atoms with Crippen LogP contribution in [0.5, 0.6) is 0 Å². The van der Waals surface area contributed by atoms with Gasteiger partial charge in [-0.25, -0.2) is 4.79 Å². The smallest absolute Gasteiger partial charge is 0.338 e. The van der Waals surface area contributed by atoms with Crippen molar-refractivity contribution in [2.45, 2.75) is 6.92 Å². The van der Waals surface area contributed by atoms with E-state index < -0.39 is 4.92 Å². The predicted molar refractivity (Wildman–Crippen MR) is 84.4 cm³/mol. The minimum atomic E-state index is -0.425. The highest BCUT2D eigenvalue weighted by Crippen LogP contribution is 2.16. The molecule has 0 aliphatic carbocycles. The van der Waals surface area contributed by atoms with Gasteiger partial charge in [-0.1, -0.05) is 36.4 Å². The Hall–Kier alpha value is -2.95. The number of hydrogen-bond acceptors (Lipinski definition) is 4. The van der Waals surface area contributed by atoms with Gasteiger partial charge in [0.05, 0.1) is 17.1 Å². The molecule has 0 saturated heterocycles. The number of carbonyl (C=O) groups excluding carboxylic acids is 1. The molecule has 0 spiro atoms. The third kappa shape index (κ3) is 4.02. The molecule has 5 nitrogen and oxygen atoms in total. The summed E-state index contributed by atoms with van der Waals surface area (Å²) in [5, 5.41) is 10.7. The van der Waals surface area contributed by atoms with E-state index in [4.69, 9.17) is 4.74 Å². The Labute approximate surface area is 128 Å². The standard InChI is InChI=1S/C17H15NO4/c1-2-22-17(19)15-10-8-13(9-11-15)6-7-14-4-3-5-16(12-14)18(20)21/h3-12H,2H2,1H3. The molecule has 0 aromatic heterocycles. The first kappa shape index (κ1) is 15.4. The SMILES string of the molecule is CCOC(=O)c1ccc(C=Cc2cccc([N+](=O)[O-])c2)cc1. The first-order valence-corrected chi connectivity index (χ1v) is 6.80. The van der Waals surface area contributed by atoms with E-state index in [-0.39, 0.29) is 11.7 Å². The maximum Gasteiger partial charge on any atom is 0.338 e. The van der Waals surface area contributed by atoms with Gasteiger partial charge in [0.15, 0.2) is 0 Å². The van der Waals surface area contributed by atoms with Gasteiger partial charge in [0.25, 0.3) is 5.69 Å². The lowest BCUT2D eigenvalue weighted by atomic mass is 10.1. The lowest BCUT2D eigenvalue weighted by Crippen LogP contribution is -2.03. The van der Waals surface area contributed by atoms with E-state index >= 15 is 0 Å². The van der Waals surface area contributed by atoms with Crippen molar-refractivity contribution < 1.29 is 14.5 Å². The molecule has 5 heteroatoms. The molecular formula is C17H15NO4. The van der Waals surface area contributed by atoms with Crippen LogP contribution >= 0.6 is 0 Å². The summed E-state index contributed by atoms with van der Waals surface area (Å²) in [5.41, 5.74) is 2.18. The van der Waals surface area contributed by atoms with E-state index in [1.807, 2.05) is 6.08 Å². The van der Waals surface area contributed by atoms with Crippen molar-refractivity contribution in [2.24, 2.45) is 0 Å². The Kier molecular flexibility index (Phi) is 5.03. The molecule has 2 rings (SSSR count). The van der Waals surface area contributed by atoms with Crippen molar-refractivity contribution >= 4 is 23.8 Å². The number of esters is 1. The number of hydrogen-bond donors (Lipinski definition) is 0. The number of nitrogens with zero attached hydrogens (tertiary/aromatic N) is 1. The first-order valence-electron chi connectivity index (χ1n) is 6.80. The fourth-order valence-corrected chi connectivity index (χ4v) is 1.88. The zero-order valence-electron chi connectivity index (χ0n) is 12.1. The molecule has 0 aliphatic heterocycles. The summed E-state index contributed by atoms with van der Waals surface area (Å²) in [6, 6.07) is 13.3. The summed E-state index contributed by atoms with van der Waals surface area (Å²) in [6.07, 6.45) is 3.61. The number of ether oxygens (including phenoxy) is 1. The van der Waals surface area contributed by atoms with Gasteiger partial charge in [0.1, 0.15) is 0 Å². The Morgan fingerprint density at radius 1 is 1.14 bits per heavy atom. The minimum absolute atomic E-state index is 0.0554. The van der Waals surface area contributed by atoms with Crippen LogP contribution in [0.15, 0.2) is 48.5 Å². The van der Waals surface area contributed by atoms with Crippen LogP contribution in [-0.2, 0) is 4.74 Å². The van der Waals surface area contributed by atoms with Crippen LogP contribution in [0.4, 0.5) is 5.69 Å². The normalized spacial score (nSPS) is 10.6. The molecule has 112 valence electrons. The Bertz CT molecular complexity index is 705. The molecule has 0 heterocycles. The van der Waals surface area contributed by atoms with Crippen LogP contribution < -0.4 is 0 Å². The van der Waals surface area contributed by atoms with Gasteiger partial charge >= 0.3 is 5.97 Å². The summed E-state index contributed by atoms with van der Waals surface area (Å²) < 4.78 is 4.91. The van der Waals surface area contributed by atoms with E-state index in [9.17, 15) is 14.9 Å². The van der Waals surface area contributed by atoms with Crippen LogP contribution in [0.3, 0.4) is 0 Å². The largest absolute Gasteiger partial charge is 0.462 e. The highest BCUT2D eigenvalue weighted by atomic mass is 16.6. The second-order valence-corrected chi connectivity index (χ2v) is 4.53. The second kappa shape index (κ2) is 7.17. The average Bonchev–Trinajstić information content (AvgIpc) is 2.54. The van der Waals surface area contributed by atoms with Crippen molar-refractivity contribution in [1.29, 1.82) is 0 Å². The maximum absolute atomic E-state index is 11.5. The van der Waals surface area contributed by atoms with Gasteiger partial charge in [-0.05, 0) is 30.2 Å². The zero-order valence-corrected chi connectivity index (χ0v) is 12.1. The first-order chi connectivity index (χ1) is 10.6. The lowest BCUT2D eigenvalue weighted by Gasteiger charge is -2.01. The molecule has 2 aromatic rings. The molecule has 0 atom stereocenters. The zero-order chi connectivity index (χ0) is 15.9. The maximum atomic E-state index is 11.5. The second-order valence-electron chi connectivity index (χ2n) is 4.53. The van der Waals surface area contributed by atoms with Crippen molar-refractivity contribution in [3.05, 3.63) is 75.3 Å².